The predicted molar refractivity (Wildman–Crippen MR) is 74.1 cm³/mol. The van der Waals surface area contributed by atoms with Crippen LogP contribution in [-0.4, -0.2) is 26.7 Å². The second-order valence-corrected chi connectivity index (χ2v) is 7.18. The van der Waals surface area contributed by atoms with Gasteiger partial charge in [-0.05, 0) is 42.9 Å². The number of halogens is 2. The van der Waals surface area contributed by atoms with Gasteiger partial charge < -0.3 is 5.11 Å². The van der Waals surface area contributed by atoms with E-state index in [4.69, 9.17) is 0 Å². The smallest absolute Gasteiger partial charge is 0.240 e. The Morgan fingerprint density at radius 2 is 1.81 bits per heavy atom. The van der Waals surface area contributed by atoms with Gasteiger partial charge in [0.25, 0.3) is 0 Å². The lowest BCUT2D eigenvalue weighted by atomic mass is 9.80. The number of nitrogens with one attached hydrogen (secondary N) is 1. The monoisotopic (exact) mass is 319 g/mol. The Morgan fingerprint density at radius 1 is 1.14 bits per heavy atom. The summed E-state index contributed by atoms with van der Waals surface area (Å²) in [7, 11) is -3.87. The number of sulfonamides is 1. The van der Waals surface area contributed by atoms with Crippen LogP contribution in [0.25, 0.3) is 0 Å². The second-order valence-electron chi connectivity index (χ2n) is 5.42. The normalized spacial score (nSPS) is 23.2. The molecule has 21 heavy (non-hydrogen) atoms. The molecule has 2 rings (SSSR count). The van der Waals surface area contributed by atoms with Crippen molar-refractivity contribution in [2.45, 2.75) is 30.6 Å². The Labute approximate surface area is 123 Å². The minimum Gasteiger partial charge on any atom is -0.396 e. The van der Waals surface area contributed by atoms with Gasteiger partial charge in [0.1, 0.15) is 0 Å². The van der Waals surface area contributed by atoms with E-state index in [-0.39, 0.29) is 29.9 Å². The van der Waals surface area contributed by atoms with Crippen LogP contribution in [-0.2, 0) is 10.0 Å². The summed E-state index contributed by atoms with van der Waals surface area (Å²) in [5, 5.41) is 9.31. The van der Waals surface area contributed by atoms with Crippen molar-refractivity contribution in [3.63, 3.8) is 0 Å². The third kappa shape index (κ3) is 3.99. The molecule has 0 amide bonds. The summed E-state index contributed by atoms with van der Waals surface area (Å²) in [6.07, 6.45) is 3.78. The van der Waals surface area contributed by atoms with Gasteiger partial charge >= 0.3 is 0 Å². The van der Waals surface area contributed by atoms with E-state index in [9.17, 15) is 22.3 Å². The first-order chi connectivity index (χ1) is 9.94. The summed E-state index contributed by atoms with van der Waals surface area (Å²) in [5.74, 6) is -2.11. The molecule has 0 radical (unpaired) electrons. The molecule has 0 bridgehead atoms. The van der Waals surface area contributed by atoms with Crippen molar-refractivity contribution >= 4 is 10.0 Å². The fourth-order valence-corrected chi connectivity index (χ4v) is 3.84. The highest BCUT2D eigenvalue weighted by molar-refractivity contribution is 7.89. The van der Waals surface area contributed by atoms with Crippen LogP contribution in [0.4, 0.5) is 8.78 Å². The van der Waals surface area contributed by atoms with Gasteiger partial charge in [0, 0.05) is 13.2 Å². The van der Waals surface area contributed by atoms with Crippen molar-refractivity contribution in [1.82, 2.24) is 4.72 Å². The molecule has 2 atom stereocenters. The SMILES string of the molecule is O=S(=O)(NCC1CCCCC1CO)c1ccc(F)c(F)c1. The summed E-state index contributed by atoms with van der Waals surface area (Å²) >= 11 is 0. The lowest BCUT2D eigenvalue weighted by Crippen LogP contribution is -2.35. The summed E-state index contributed by atoms with van der Waals surface area (Å²) in [6.45, 7) is 0.240. The quantitative estimate of drug-likeness (QED) is 0.873. The lowest BCUT2D eigenvalue weighted by molar-refractivity contribution is 0.136. The maximum absolute atomic E-state index is 13.1. The average Bonchev–Trinajstić information content (AvgIpc) is 2.48. The third-order valence-electron chi connectivity index (χ3n) is 4.04. The van der Waals surface area contributed by atoms with E-state index < -0.39 is 21.7 Å². The van der Waals surface area contributed by atoms with E-state index in [1.165, 1.54) is 0 Å². The molecule has 2 unspecified atom stereocenters. The van der Waals surface area contributed by atoms with Crippen molar-refractivity contribution in [1.29, 1.82) is 0 Å². The predicted octanol–water partition coefficient (Wildman–Crippen LogP) is 2.04. The van der Waals surface area contributed by atoms with Crippen LogP contribution in [0.2, 0.25) is 0 Å². The summed E-state index contributed by atoms with van der Waals surface area (Å²) in [5.41, 5.74) is 0. The molecular weight excluding hydrogens is 300 g/mol. The van der Waals surface area contributed by atoms with Crippen LogP contribution in [0.1, 0.15) is 25.7 Å². The first kappa shape index (κ1) is 16.3. The molecule has 0 saturated heterocycles. The van der Waals surface area contributed by atoms with Crippen LogP contribution in [0, 0.1) is 23.5 Å². The van der Waals surface area contributed by atoms with Gasteiger partial charge in [-0.25, -0.2) is 21.9 Å². The Kier molecular flexibility index (Phi) is 5.29. The van der Waals surface area contributed by atoms with Gasteiger partial charge in [-0.1, -0.05) is 12.8 Å². The highest BCUT2D eigenvalue weighted by atomic mass is 32.2. The van der Waals surface area contributed by atoms with E-state index in [1.54, 1.807) is 0 Å². The molecule has 0 aliphatic heterocycles. The zero-order valence-electron chi connectivity index (χ0n) is 11.6. The van der Waals surface area contributed by atoms with Gasteiger partial charge in [-0.15, -0.1) is 0 Å². The van der Waals surface area contributed by atoms with E-state index in [0.29, 0.717) is 6.07 Å². The molecule has 4 nitrogen and oxygen atoms in total. The molecule has 0 spiro atoms. The van der Waals surface area contributed by atoms with Crippen LogP contribution in [0.5, 0.6) is 0 Å². The molecule has 1 fully saturated rings. The van der Waals surface area contributed by atoms with E-state index in [2.05, 4.69) is 4.72 Å². The zero-order valence-corrected chi connectivity index (χ0v) is 12.4. The highest BCUT2D eigenvalue weighted by Crippen LogP contribution is 2.29. The maximum atomic E-state index is 13.1. The van der Waals surface area contributed by atoms with E-state index in [1.807, 2.05) is 0 Å². The number of aliphatic hydroxyl groups is 1. The Hall–Kier alpha value is -1.05. The minimum absolute atomic E-state index is 0.0393. The van der Waals surface area contributed by atoms with Crippen molar-refractivity contribution in [3.05, 3.63) is 29.8 Å². The number of aliphatic hydroxyl groups excluding tert-OH is 1. The van der Waals surface area contributed by atoms with Gasteiger partial charge in [0.15, 0.2) is 11.6 Å². The van der Waals surface area contributed by atoms with Crippen molar-refractivity contribution in [2.75, 3.05) is 13.2 Å². The Bertz CT molecular complexity index is 592. The Balaban J connectivity index is 2.05. The molecule has 1 aromatic rings. The average molecular weight is 319 g/mol. The lowest BCUT2D eigenvalue weighted by Gasteiger charge is -2.30. The van der Waals surface area contributed by atoms with Crippen molar-refractivity contribution < 1.29 is 22.3 Å². The molecule has 0 aromatic heterocycles. The summed E-state index contributed by atoms with van der Waals surface area (Å²) in [4.78, 5) is -0.294. The van der Waals surface area contributed by atoms with Crippen LogP contribution < -0.4 is 4.72 Å². The van der Waals surface area contributed by atoms with Gasteiger partial charge in [0.2, 0.25) is 10.0 Å². The van der Waals surface area contributed by atoms with Crippen LogP contribution >= 0.6 is 0 Å². The van der Waals surface area contributed by atoms with Crippen LogP contribution in [0.3, 0.4) is 0 Å². The second kappa shape index (κ2) is 6.81. The van der Waals surface area contributed by atoms with Gasteiger partial charge in [-0.2, -0.15) is 0 Å². The Morgan fingerprint density at radius 3 is 2.43 bits per heavy atom. The maximum Gasteiger partial charge on any atom is 0.240 e. The third-order valence-corrected chi connectivity index (χ3v) is 5.46. The molecule has 7 heteroatoms. The minimum atomic E-state index is -3.87. The number of hydrogen-bond acceptors (Lipinski definition) is 3. The molecule has 1 saturated carbocycles. The van der Waals surface area contributed by atoms with Crippen molar-refractivity contribution in [3.8, 4) is 0 Å². The zero-order chi connectivity index (χ0) is 15.5. The summed E-state index contributed by atoms with van der Waals surface area (Å²) < 4.78 is 52.5. The fraction of sp³-hybridized carbons (Fsp3) is 0.571. The summed E-state index contributed by atoms with van der Waals surface area (Å²) in [6, 6.07) is 2.49. The molecule has 1 aromatic carbocycles. The largest absolute Gasteiger partial charge is 0.396 e. The van der Waals surface area contributed by atoms with Crippen LogP contribution in [0.15, 0.2) is 23.1 Å². The van der Waals surface area contributed by atoms with E-state index in [0.717, 1.165) is 37.8 Å². The molecule has 1 aliphatic rings. The van der Waals surface area contributed by atoms with Crippen molar-refractivity contribution in [2.24, 2.45) is 11.8 Å². The first-order valence-electron chi connectivity index (χ1n) is 6.99. The highest BCUT2D eigenvalue weighted by Gasteiger charge is 2.26. The van der Waals surface area contributed by atoms with Gasteiger partial charge in [-0.3, -0.25) is 0 Å². The number of rotatable bonds is 5. The molecule has 1 aliphatic carbocycles. The topological polar surface area (TPSA) is 66.4 Å². The number of benzene rings is 1. The molecular formula is C14H19F2NO3S. The standard InChI is InChI=1S/C14H19F2NO3S/c15-13-6-5-12(7-14(13)16)21(19,20)17-8-10-3-1-2-4-11(10)9-18/h5-7,10-11,17-18H,1-4,8-9H2. The molecule has 2 N–H and O–H groups in total. The molecule has 0 heterocycles. The fourth-order valence-electron chi connectivity index (χ4n) is 2.74. The molecule has 118 valence electrons. The van der Waals surface area contributed by atoms with Gasteiger partial charge in [0.05, 0.1) is 4.90 Å². The van der Waals surface area contributed by atoms with E-state index >= 15 is 0 Å². The first-order valence-corrected chi connectivity index (χ1v) is 8.48. The number of hydrogen-bond donors (Lipinski definition) is 2.